The summed E-state index contributed by atoms with van der Waals surface area (Å²) in [5.74, 6) is -1.23. The summed E-state index contributed by atoms with van der Waals surface area (Å²) < 4.78 is 28.2. The Morgan fingerprint density at radius 3 is 2.75 bits per heavy atom. The van der Waals surface area contributed by atoms with Crippen molar-refractivity contribution < 1.29 is 23.4 Å². The molecule has 0 atom stereocenters. The van der Waals surface area contributed by atoms with Gasteiger partial charge in [-0.2, -0.15) is 8.78 Å². The maximum absolute atomic E-state index is 12.0. The molecule has 0 aliphatic carbocycles. The van der Waals surface area contributed by atoms with Gasteiger partial charge in [-0.1, -0.05) is 6.07 Å². The Labute approximate surface area is 95.6 Å². The molecule has 0 saturated carbocycles. The highest BCUT2D eigenvalue weighted by Crippen LogP contribution is 2.29. The van der Waals surface area contributed by atoms with Crippen LogP contribution in [0, 0.1) is 0 Å². The summed E-state index contributed by atoms with van der Waals surface area (Å²) in [4.78, 5) is 11.5. The highest BCUT2D eigenvalue weighted by atomic mass is 35.5. The minimum Gasteiger partial charge on any atom is -0.507 e. The Balaban J connectivity index is 3.07. The maximum atomic E-state index is 12.0. The van der Waals surface area contributed by atoms with Crippen molar-refractivity contribution in [3.05, 3.63) is 23.8 Å². The van der Waals surface area contributed by atoms with Gasteiger partial charge >= 0.3 is 6.61 Å². The minimum atomic E-state index is -3.05. The Kier molecular flexibility index (Phi) is 4.49. The zero-order valence-electron chi connectivity index (χ0n) is 8.12. The normalized spacial score (nSPS) is 10.5. The number of carbonyl (C=O) groups excluding carboxylic acids is 1. The third-order valence-corrected chi connectivity index (χ3v) is 2.01. The summed E-state index contributed by atoms with van der Waals surface area (Å²) in [6, 6.07) is 3.72. The van der Waals surface area contributed by atoms with Gasteiger partial charge in [0.05, 0.1) is 0 Å². The van der Waals surface area contributed by atoms with Crippen LogP contribution in [0.1, 0.15) is 16.8 Å². The van der Waals surface area contributed by atoms with E-state index in [2.05, 4.69) is 4.74 Å². The number of aromatic hydroxyl groups is 1. The molecule has 0 spiro atoms. The van der Waals surface area contributed by atoms with E-state index >= 15 is 0 Å². The molecular weight excluding hydrogens is 242 g/mol. The van der Waals surface area contributed by atoms with Crippen LogP contribution in [0.15, 0.2) is 18.2 Å². The van der Waals surface area contributed by atoms with Gasteiger partial charge in [0.25, 0.3) is 0 Å². The van der Waals surface area contributed by atoms with Crippen LogP contribution >= 0.6 is 11.6 Å². The zero-order valence-corrected chi connectivity index (χ0v) is 8.88. The lowest BCUT2D eigenvalue weighted by molar-refractivity contribution is -0.0502. The number of rotatable bonds is 5. The highest BCUT2D eigenvalue weighted by molar-refractivity contribution is 6.20. The summed E-state index contributed by atoms with van der Waals surface area (Å²) in [6.45, 7) is -3.05. The summed E-state index contributed by atoms with van der Waals surface area (Å²) >= 11 is 5.37. The maximum Gasteiger partial charge on any atom is 0.387 e. The van der Waals surface area contributed by atoms with Crippen LogP contribution in [-0.2, 0) is 0 Å². The smallest absolute Gasteiger partial charge is 0.387 e. The van der Waals surface area contributed by atoms with Crippen LogP contribution in [0.25, 0.3) is 0 Å². The van der Waals surface area contributed by atoms with Crippen LogP contribution in [0.5, 0.6) is 11.5 Å². The Bertz CT molecular complexity index is 382. The largest absolute Gasteiger partial charge is 0.507 e. The molecule has 88 valence electrons. The number of Topliss-reactive ketones (excluding diaryl/α,β-unsaturated/α-hetero) is 1. The van der Waals surface area contributed by atoms with Crippen LogP contribution in [0.4, 0.5) is 8.78 Å². The van der Waals surface area contributed by atoms with Crippen molar-refractivity contribution in [2.75, 3.05) is 5.88 Å². The Morgan fingerprint density at radius 1 is 1.50 bits per heavy atom. The molecule has 0 bridgehead atoms. The van der Waals surface area contributed by atoms with Crippen molar-refractivity contribution in [2.24, 2.45) is 0 Å². The summed E-state index contributed by atoms with van der Waals surface area (Å²) in [6.07, 6.45) is -0.0568. The molecular formula is C10H9ClF2O3. The average molecular weight is 251 g/mol. The van der Waals surface area contributed by atoms with Gasteiger partial charge in [-0.05, 0) is 12.1 Å². The predicted molar refractivity (Wildman–Crippen MR) is 54.4 cm³/mol. The first kappa shape index (κ1) is 12.7. The Hall–Kier alpha value is -1.36. The fraction of sp³-hybridized carbons (Fsp3) is 0.300. The second-order valence-corrected chi connectivity index (χ2v) is 3.27. The predicted octanol–water partition coefficient (Wildman–Crippen LogP) is 2.81. The fourth-order valence-electron chi connectivity index (χ4n) is 1.20. The number of phenols is 1. The van der Waals surface area contributed by atoms with Crippen molar-refractivity contribution in [3.63, 3.8) is 0 Å². The van der Waals surface area contributed by atoms with Crippen molar-refractivity contribution in [2.45, 2.75) is 13.0 Å². The number of ether oxygens (including phenoxy) is 1. The van der Waals surface area contributed by atoms with E-state index in [9.17, 15) is 18.7 Å². The lowest BCUT2D eigenvalue weighted by Gasteiger charge is -2.10. The van der Waals surface area contributed by atoms with Crippen LogP contribution in [0.3, 0.4) is 0 Å². The lowest BCUT2D eigenvalue weighted by Crippen LogP contribution is -2.08. The van der Waals surface area contributed by atoms with Gasteiger partial charge in [-0.15, -0.1) is 11.6 Å². The van der Waals surface area contributed by atoms with E-state index in [4.69, 9.17) is 11.6 Å². The van der Waals surface area contributed by atoms with Crippen LogP contribution in [-0.4, -0.2) is 23.4 Å². The molecule has 0 heterocycles. The van der Waals surface area contributed by atoms with Crippen molar-refractivity contribution in [3.8, 4) is 11.5 Å². The van der Waals surface area contributed by atoms with Gasteiger partial charge in [-0.3, -0.25) is 4.79 Å². The number of halogens is 3. The third kappa shape index (κ3) is 3.06. The highest BCUT2D eigenvalue weighted by Gasteiger charge is 2.19. The molecule has 0 aliphatic rings. The average Bonchev–Trinajstić information content (AvgIpc) is 2.16. The van der Waals surface area contributed by atoms with Gasteiger partial charge in [0.2, 0.25) is 0 Å². The molecule has 0 aliphatic heterocycles. The fourth-order valence-corrected chi connectivity index (χ4v) is 1.38. The second-order valence-electron chi connectivity index (χ2n) is 2.89. The van der Waals surface area contributed by atoms with Crippen LogP contribution < -0.4 is 4.74 Å². The zero-order chi connectivity index (χ0) is 12.1. The first-order valence-electron chi connectivity index (χ1n) is 4.42. The van der Waals surface area contributed by atoms with E-state index in [1.54, 1.807) is 0 Å². The first-order valence-corrected chi connectivity index (χ1v) is 4.95. The van der Waals surface area contributed by atoms with E-state index < -0.39 is 18.1 Å². The SMILES string of the molecule is O=C(CCCl)c1c(O)cccc1OC(F)F. The molecule has 0 unspecified atom stereocenters. The Morgan fingerprint density at radius 2 is 2.19 bits per heavy atom. The van der Waals surface area contributed by atoms with Crippen molar-refractivity contribution in [1.82, 2.24) is 0 Å². The van der Waals surface area contributed by atoms with Crippen molar-refractivity contribution in [1.29, 1.82) is 0 Å². The number of benzene rings is 1. The van der Waals surface area contributed by atoms with Gasteiger partial charge in [-0.25, -0.2) is 0 Å². The van der Waals surface area contributed by atoms with Gasteiger partial charge in [0, 0.05) is 12.3 Å². The number of ketones is 1. The van der Waals surface area contributed by atoms with Gasteiger partial charge in [0.1, 0.15) is 17.1 Å². The monoisotopic (exact) mass is 250 g/mol. The molecule has 1 N–H and O–H groups in total. The molecule has 0 amide bonds. The van der Waals surface area contributed by atoms with E-state index in [0.29, 0.717) is 0 Å². The van der Waals surface area contributed by atoms with Crippen molar-refractivity contribution >= 4 is 17.4 Å². The van der Waals surface area contributed by atoms with Gasteiger partial charge in [0.15, 0.2) is 5.78 Å². The molecule has 0 fully saturated rings. The summed E-state index contributed by atoms with van der Waals surface area (Å²) in [7, 11) is 0. The molecule has 0 saturated heterocycles. The van der Waals surface area contributed by atoms with E-state index in [0.717, 1.165) is 0 Å². The molecule has 0 aromatic heterocycles. The first-order chi connectivity index (χ1) is 7.56. The summed E-state index contributed by atoms with van der Waals surface area (Å²) in [5, 5.41) is 9.41. The molecule has 16 heavy (non-hydrogen) atoms. The molecule has 1 aromatic carbocycles. The van der Waals surface area contributed by atoms with E-state index in [-0.39, 0.29) is 23.6 Å². The quantitative estimate of drug-likeness (QED) is 0.646. The molecule has 3 nitrogen and oxygen atoms in total. The number of hydrogen-bond donors (Lipinski definition) is 1. The number of hydrogen-bond acceptors (Lipinski definition) is 3. The second kappa shape index (κ2) is 5.65. The van der Waals surface area contributed by atoms with E-state index in [1.807, 2.05) is 0 Å². The van der Waals surface area contributed by atoms with E-state index in [1.165, 1.54) is 18.2 Å². The molecule has 1 rings (SSSR count). The number of phenolic OH excluding ortho intramolecular Hbond substituents is 1. The molecule has 1 aromatic rings. The number of alkyl halides is 3. The summed E-state index contributed by atoms with van der Waals surface area (Å²) in [5.41, 5.74) is -0.261. The molecule has 0 radical (unpaired) electrons. The lowest BCUT2D eigenvalue weighted by atomic mass is 10.1. The van der Waals surface area contributed by atoms with Gasteiger partial charge < -0.3 is 9.84 Å². The number of carbonyl (C=O) groups is 1. The van der Waals surface area contributed by atoms with Crippen LogP contribution in [0.2, 0.25) is 0 Å². The molecule has 6 heteroatoms. The standard InChI is InChI=1S/C10H9ClF2O3/c11-5-4-7(15)9-6(14)2-1-3-8(9)16-10(12)13/h1-3,10,14H,4-5H2. The minimum absolute atomic E-state index is 0.0429. The topological polar surface area (TPSA) is 46.5 Å². The third-order valence-electron chi connectivity index (χ3n) is 1.82.